The van der Waals surface area contributed by atoms with Crippen LogP contribution >= 0.6 is 0 Å². The van der Waals surface area contributed by atoms with Gasteiger partial charge in [0.15, 0.2) is 0 Å². The molecule has 6 nitrogen and oxygen atoms in total. The fourth-order valence-electron chi connectivity index (χ4n) is 2.47. The lowest BCUT2D eigenvalue weighted by Crippen LogP contribution is -2.52. The van der Waals surface area contributed by atoms with E-state index in [-0.39, 0.29) is 31.1 Å². The molecule has 0 unspecified atom stereocenters. The number of halogens is 3. The van der Waals surface area contributed by atoms with Crippen LogP contribution in [0, 0.1) is 0 Å². The molecule has 0 radical (unpaired) electrons. The Bertz CT molecular complexity index is 778. The van der Waals surface area contributed by atoms with E-state index in [2.05, 4.69) is 9.97 Å². The van der Waals surface area contributed by atoms with E-state index in [9.17, 15) is 22.8 Å². The Balaban J connectivity index is 1.70. The van der Waals surface area contributed by atoms with Gasteiger partial charge in [0.25, 0.3) is 5.91 Å². The molecule has 0 aromatic carbocycles. The van der Waals surface area contributed by atoms with Crippen LogP contribution in [-0.2, 0) is 11.0 Å². The van der Waals surface area contributed by atoms with E-state index in [1.54, 1.807) is 24.4 Å². The van der Waals surface area contributed by atoms with Crippen LogP contribution in [0.4, 0.5) is 19.0 Å². The number of carbonyl (C=O) groups excluding carboxylic acids is 2. The zero-order chi connectivity index (χ0) is 18.0. The number of alkyl halides is 3. The molecule has 0 saturated carbocycles. The Labute approximate surface area is 140 Å². The van der Waals surface area contributed by atoms with Crippen molar-refractivity contribution in [3.8, 4) is 0 Å². The van der Waals surface area contributed by atoms with Crippen LogP contribution in [-0.4, -0.2) is 46.3 Å². The Morgan fingerprint density at radius 3 is 2.44 bits per heavy atom. The maximum atomic E-state index is 12.5. The minimum atomic E-state index is -4.56. The third-order valence-corrected chi connectivity index (χ3v) is 3.73. The molecule has 9 heteroatoms. The quantitative estimate of drug-likeness (QED) is 0.831. The Morgan fingerprint density at radius 2 is 1.88 bits per heavy atom. The summed E-state index contributed by atoms with van der Waals surface area (Å²) in [7, 11) is 0. The predicted molar refractivity (Wildman–Crippen MR) is 81.7 cm³/mol. The van der Waals surface area contributed by atoms with Gasteiger partial charge in [0.1, 0.15) is 18.1 Å². The summed E-state index contributed by atoms with van der Waals surface area (Å²) in [5.74, 6) is -0.343. The molecular formula is C16H13F3N4O2. The molecule has 2 aromatic rings. The van der Waals surface area contributed by atoms with E-state index in [0.717, 1.165) is 18.3 Å². The van der Waals surface area contributed by atoms with Gasteiger partial charge in [0.2, 0.25) is 5.91 Å². The summed E-state index contributed by atoms with van der Waals surface area (Å²) in [6.45, 7) is 0.342. The first-order valence-electron chi connectivity index (χ1n) is 7.40. The second-order valence-corrected chi connectivity index (χ2v) is 5.39. The van der Waals surface area contributed by atoms with Crippen molar-refractivity contribution < 1.29 is 22.8 Å². The molecule has 1 fully saturated rings. The molecule has 3 rings (SSSR count). The second-order valence-electron chi connectivity index (χ2n) is 5.39. The molecule has 1 saturated heterocycles. The molecule has 0 spiro atoms. The Hall–Kier alpha value is -2.97. The summed E-state index contributed by atoms with van der Waals surface area (Å²) < 4.78 is 37.6. The number of nitrogens with zero attached hydrogens (tertiary/aromatic N) is 4. The van der Waals surface area contributed by atoms with Crippen LogP contribution < -0.4 is 4.90 Å². The number of piperazine rings is 1. The SMILES string of the molecule is O=C(c1ccc(C(F)(F)F)nc1)N1CCN(c2ccccn2)C(=O)C1. The molecule has 1 aliphatic heterocycles. The molecule has 0 atom stereocenters. The number of hydrogen-bond acceptors (Lipinski definition) is 4. The fourth-order valence-corrected chi connectivity index (χ4v) is 2.47. The largest absolute Gasteiger partial charge is 0.433 e. The molecule has 2 aromatic heterocycles. The van der Waals surface area contributed by atoms with Crippen molar-refractivity contribution >= 4 is 17.6 Å². The molecule has 1 aliphatic rings. The Morgan fingerprint density at radius 1 is 1.08 bits per heavy atom. The topological polar surface area (TPSA) is 66.4 Å². The predicted octanol–water partition coefficient (Wildman–Crippen LogP) is 1.98. The molecule has 25 heavy (non-hydrogen) atoms. The highest BCUT2D eigenvalue weighted by Crippen LogP contribution is 2.27. The summed E-state index contributed by atoms with van der Waals surface area (Å²) in [6, 6.07) is 6.98. The van der Waals surface area contributed by atoms with Gasteiger partial charge in [-0.3, -0.25) is 19.5 Å². The first kappa shape index (κ1) is 16.9. The van der Waals surface area contributed by atoms with E-state index in [0.29, 0.717) is 5.82 Å². The molecule has 0 N–H and O–H groups in total. The van der Waals surface area contributed by atoms with Gasteiger partial charge in [0.05, 0.1) is 5.56 Å². The van der Waals surface area contributed by atoms with Gasteiger partial charge in [-0.05, 0) is 24.3 Å². The van der Waals surface area contributed by atoms with Crippen LogP contribution in [0.15, 0.2) is 42.7 Å². The van der Waals surface area contributed by atoms with Crippen LogP contribution in [0.5, 0.6) is 0 Å². The van der Waals surface area contributed by atoms with Gasteiger partial charge in [-0.15, -0.1) is 0 Å². The van der Waals surface area contributed by atoms with Crippen molar-refractivity contribution in [2.45, 2.75) is 6.18 Å². The monoisotopic (exact) mass is 350 g/mol. The van der Waals surface area contributed by atoms with Gasteiger partial charge >= 0.3 is 6.18 Å². The van der Waals surface area contributed by atoms with Gasteiger partial charge in [-0.25, -0.2) is 4.98 Å². The van der Waals surface area contributed by atoms with Gasteiger partial charge in [-0.2, -0.15) is 13.2 Å². The normalized spacial score (nSPS) is 15.4. The molecule has 3 heterocycles. The molecular weight excluding hydrogens is 337 g/mol. The van der Waals surface area contributed by atoms with E-state index in [1.807, 2.05) is 0 Å². The molecule has 0 bridgehead atoms. The summed E-state index contributed by atoms with van der Waals surface area (Å²) in [6.07, 6.45) is -2.12. The number of aromatic nitrogens is 2. The van der Waals surface area contributed by atoms with Gasteiger partial charge in [-0.1, -0.05) is 6.07 Å². The maximum Gasteiger partial charge on any atom is 0.433 e. The minimum absolute atomic E-state index is 0.00656. The van der Waals surface area contributed by atoms with Gasteiger partial charge in [0, 0.05) is 25.5 Å². The van der Waals surface area contributed by atoms with E-state index in [4.69, 9.17) is 0 Å². The third-order valence-electron chi connectivity index (χ3n) is 3.73. The summed E-state index contributed by atoms with van der Waals surface area (Å²) in [5.41, 5.74) is -1.06. The first-order valence-corrected chi connectivity index (χ1v) is 7.40. The van der Waals surface area contributed by atoms with E-state index >= 15 is 0 Å². The van der Waals surface area contributed by atoms with Gasteiger partial charge < -0.3 is 4.90 Å². The second kappa shape index (κ2) is 6.50. The zero-order valence-electron chi connectivity index (χ0n) is 12.9. The molecule has 2 amide bonds. The third kappa shape index (κ3) is 3.59. The lowest BCUT2D eigenvalue weighted by atomic mass is 10.2. The zero-order valence-corrected chi connectivity index (χ0v) is 12.9. The number of anilines is 1. The number of hydrogen-bond donors (Lipinski definition) is 0. The number of carbonyl (C=O) groups is 2. The van der Waals surface area contributed by atoms with Crippen molar-refractivity contribution in [2.75, 3.05) is 24.5 Å². The number of amides is 2. The summed E-state index contributed by atoms with van der Waals surface area (Å²) in [5, 5.41) is 0. The molecule has 130 valence electrons. The minimum Gasteiger partial charge on any atom is -0.327 e. The van der Waals surface area contributed by atoms with Crippen molar-refractivity contribution in [1.82, 2.24) is 14.9 Å². The molecule has 0 aliphatic carbocycles. The van der Waals surface area contributed by atoms with Crippen LogP contribution in [0.1, 0.15) is 16.1 Å². The highest BCUT2D eigenvalue weighted by molar-refractivity contribution is 6.01. The van der Waals surface area contributed by atoms with E-state index in [1.165, 1.54) is 9.80 Å². The number of rotatable bonds is 2. The lowest BCUT2D eigenvalue weighted by molar-refractivity contribution is -0.141. The van der Waals surface area contributed by atoms with Crippen molar-refractivity contribution in [3.05, 3.63) is 54.0 Å². The number of pyridine rings is 2. The van der Waals surface area contributed by atoms with Crippen LogP contribution in [0.3, 0.4) is 0 Å². The Kier molecular flexibility index (Phi) is 4.39. The maximum absolute atomic E-state index is 12.5. The van der Waals surface area contributed by atoms with Crippen molar-refractivity contribution in [2.24, 2.45) is 0 Å². The van der Waals surface area contributed by atoms with Crippen LogP contribution in [0.25, 0.3) is 0 Å². The van der Waals surface area contributed by atoms with Crippen molar-refractivity contribution in [1.29, 1.82) is 0 Å². The summed E-state index contributed by atoms with van der Waals surface area (Å²) >= 11 is 0. The lowest BCUT2D eigenvalue weighted by Gasteiger charge is -2.33. The van der Waals surface area contributed by atoms with Crippen LogP contribution in [0.2, 0.25) is 0 Å². The summed E-state index contributed by atoms with van der Waals surface area (Å²) in [4.78, 5) is 34.7. The average molecular weight is 350 g/mol. The highest BCUT2D eigenvalue weighted by atomic mass is 19.4. The average Bonchev–Trinajstić information content (AvgIpc) is 2.61. The first-order chi connectivity index (χ1) is 11.9. The van der Waals surface area contributed by atoms with Crippen molar-refractivity contribution in [3.63, 3.8) is 0 Å². The standard InChI is InChI=1S/C16H13F3N4O2/c17-16(18,19)12-5-4-11(9-21-12)15(25)22-7-8-23(14(24)10-22)13-3-1-2-6-20-13/h1-6,9H,7-8,10H2. The van der Waals surface area contributed by atoms with E-state index < -0.39 is 17.8 Å². The fraction of sp³-hybridized carbons (Fsp3) is 0.250. The highest BCUT2D eigenvalue weighted by Gasteiger charge is 2.33. The smallest absolute Gasteiger partial charge is 0.327 e.